The SMILES string of the molecule is CC(=O)O[C@H]1CC[C@]2(C)C3=C([C@@H](O)CC2C1(C)C)[C@]1(C)C(=O)C[C@H]([C@H](C)CC(=O)CC(C)C(=O)O)[C@@]1(C)CC3=O. The molecule has 0 spiro atoms. The van der Waals surface area contributed by atoms with Gasteiger partial charge in [-0.15, -0.1) is 0 Å². The summed E-state index contributed by atoms with van der Waals surface area (Å²) < 4.78 is 5.69. The lowest BCUT2D eigenvalue weighted by Crippen LogP contribution is -2.61. The van der Waals surface area contributed by atoms with Gasteiger partial charge in [0.25, 0.3) is 0 Å². The molecule has 0 bridgehead atoms. The van der Waals surface area contributed by atoms with Gasteiger partial charge in [0.2, 0.25) is 0 Å². The summed E-state index contributed by atoms with van der Waals surface area (Å²) in [6.07, 6.45) is 0.743. The zero-order valence-corrected chi connectivity index (χ0v) is 25.3. The number of aliphatic carboxylic acids is 1. The number of carbonyl (C=O) groups is 5. The summed E-state index contributed by atoms with van der Waals surface area (Å²) in [6.45, 7) is 14.8. The second-order valence-electron chi connectivity index (χ2n) is 14.5. The maximum Gasteiger partial charge on any atom is 0.306 e. The fourth-order valence-electron chi connectivity index (χ4n) is 9.51. The van der Waals surface area contributed by atoms with E-state index in [1.165, 1.54) is 13.8 Å². The summed E-state index contributed by atoms with van der Waals surface area (Å²) in [5.74, 6) is -2.94. The first-order valence-corrected chi connectivity index (χ1v) is 14.7. The van der Waals surface area contributed by atoms with Gasteiger partial charge in [-0.05, 0) is 60.3 Å². The van der Waals surface area contributed by atoms with Gasteiger partial charge in [-0.25, -0.2) is 0 Å². The zero-order chi connectivity index (χ0) is 30.2. The average molecular weight is 559 g/mol. The summed E-state index contributed by atoms with van der Waals surface area (Å²) in [5.41, 5.74) is -1.70. The van der Waals surface area contributed by atoms with Crippen molar-refractivity contribution in [2.45, 2.75) is 113 Å². The van der Waals surface area contributed by atoms with Gasteiger partial charge in [0.05, 0.1) is 17.4 Å². The van der Waals surface area contributed by atoms with Gasteiger partial charge in [-0.1, -0.05) is 41.5 Å². The minimum absolute atomic E-state index is 0.00726. The fourth-order valence-corrected chi connectivity index (χ4v) is 9.51. The van der Waals surface area contributed by atoms with Crippen LogP contribution in [0.15, 0.2) is 11.1 Å². The number of aliphatic hydroxyl groups is 1. The minimum Gasteiger partial charge on any atom is -0.481 e. The molecule has 40 heavy (non-hydrogen) atoms. The highest BCUT2D eigenvalue weighted by Gasteiger charge is 2.70. The number of fused-ring (bicyclic) bond motifs is 4. The van der Waals surface area contributed by atoms with E-state index in [1.807, 2.05) is 34.6 Å². The highest BCUT2D eigenvalue weighted by molar-refractivity contribution is 6.05. The maximum absolute atomic E-state index is 14.2. The van der Waals surface area contributed by atoms with E-state index in [0.29, 0.717) is 30.4 Å². The van der Waals surface area contributed by atoms with Crippen molar-refractivity contribution in [1.29, 1.82) is 0 Å². The number of ketones is 3. The number of aliphatic hydroxyl groups excluding tert-OH is 1. The molecule has 0 radical (unpaired) electrons. The Balaban J connectivity index is 1.73. The number of carboxylic acids is 1. The molecule has 222 valence electrons. The monoisotopic (exact) mass is 558 g/mol. The van der Waals surface area contributed by atoms with Gasteiger partial charge in [-0.2, -0.15) is 0 Å². The molecule has 2 N–H and O–H groups in total. The summed E-state index contributed by atoms with van der Waals surface area (Å²) in [5, 5.41) is 21.0. The molecule has 4 aliphatic carbocycles. The normalized spacial score (nSPS) is 40.0. The summed E-state index contributed by atoms with van der Waals surface area (Å²) in [6, 6.07) is 0. The van der Waals surface area contributed by atoms with Crippen LogP contribution in [0.5, 0.6) is 0 Å². The van der Waals surface area contributed by atoms with Crippen LogP contribution >= 0.6 is 0 Å². The predicted octanol–water partition coefficient (Wildman–Crippen LogP) is 4.70. The van der Waals surface area contributed by atoms with E-state index in [9.17, 15) is 34.2 Å². The third-order valence-electron chi connectivity index (χ3n) is 11.8. The Morgan fingerprint density at radius 1 is 1.05 bits per heavy atom. The van der Waals surface area contributed by atoms with Crippen LogP contribution in [0.4, 0.5) is 0 Å². The quantitative estimate of drug-likeness (QED) is 0.429. The topological polar surface area (TPSA) is 135 Å². The van der Waals surface area contributed by atoms with Gasteiger partial charge < -0.3 is 14.9 Å². The van der Waals surface area contributed by atoms with Crippen LogP contribution in [-0.2, 0) is 28.7 Å². The summed E-state index contributed by atoms with van der Waals surface area (Å²) in [4.78, 5) is 64.1. The second kappa shape index (κ2) is 9.88. The van der Waals surface area contributed by atoms with Crippen molar-refractivity contribution < 1.29 is 38.9 Å². The van der Waals surface area contributed by atoms with Gasteiger partial charge >= 0.3 is 11.9 Å². The Morgan fingerprint density at radius 2 is 1.68 bits per heavy atom. The molecule has 2 unspecified atom stereocenters. The number of rotatable bonds is 7. The molecule has 0 aromatic carbocycles. The van der Waals surface area contributed by atoms with Crippen LogP contribution in [0, 0.1) is 45.3 Å². The molecule has 4 rings (SSSR count). The van der Waals surface area contributed by atoms with Crippen molar-refractivity contribution >= 4 is 29.3 Å². The first kappa shape index (κ1) is 30.6. The van der Waals surface area contributed by atoms with Gasteiger partial charge in [0.1, 0.15) is 17.7 Å². The van der Waals surface area contributed by atoms with Gasteiger partial charge in [0, 0.05) is 43.6 Å². The zero-order valence-electron chi connectivity index (χ0n) is 25.3. The molecule has 2 fully saturated rings. The Morgan fingerprint density at radius 3 is 2.25 bits per heavy atom. The molecule has 8 heteroatoms. The fraction of sp³-hybridized carbons (Fsp3) is 0.781. The van der Waals surface area contributed by atoms with Crippen molar-refractivity contribution in [3.8, 4) is 0 Å². The molecular weight excluding hydrogens is 512 g/mol. The standard InChI is InChI=1S/C32H46O8/c1-16(11-19(34)12-17(2)28(38)39)20-13-24(37)32(8)27-21(35)14-23-29(4,5)25(40-18(3)33)9-10-30(23,6)26(27)22(36)15-31(20,32)7/h16-17,20-21,23,25,35H,9-15H2,1-8H3,(H,38,39)/t16-,17?,20-,21+,23?,25+,30+,31-,32+/m1/s1. The van der Waals surface area contributed by atoms with Crippen LogP contribution in [0.3, 0.4) is 0 Å². The Labute approximate surface area is 237 Å². The third-order valence-corrected chi connectivity index (χ3v) is 11.8. The molecule has 2 saturated carbocycles. The van der Waals surface area contributed by atoms with Crippen LogP contribution in [-0.4, -0.2) is 51.7 Å². The Hall–Kier alpha value is -2.35. The summed E-state index contributed by atoms with van der Waals surface area (Å²) >= 11 is 0. The van der Waals surface area contributed by atoms with Gasteiger partial charge in [0.15, 0.2) is 5.78 Å². The van der Waals surface area contributed by atoms with Crippen molar-refractivity contribution in [3.63, 3.8) is 0 Å². The highest BCUT2D eigenvalue weighted by atomic mass is 16.5. The molecule has 0 aliphatic heterocycles. The smallest absolute Gasteiger partial charge is 0.306 e. The Bertz CT molecular complexity index is 1180. The molecule has 0 heterocycles. The van der Waals surface area contributed by atoms with Crippen LogP contribution in [0.1, 0.15) is 100 Å². The van der Waals surface area contributed by atoms with Crippen LogP contribution in [0.25, 0.3) is 0 Å². The van der Waals surface area contributed by atoms with Crippen molar-refractivity contribution in [2.24, 2.45) is 45.3 Å². The molecule has 4 aliphatic rings. The first-order chi connectivity index (χ1) is 18.3. The van der Waals surface area contributed by atoms with Crippen LogP contribution < -0.4 is 0 Å². The molecule has 0 aromatic rings. The van der Waals surface area contributed by atoms with Crippen molar-refractivity contribution in [3.05, 3.63) is 11.1 Å². The predicted molar refractivity (Wildman–Crippen MR) is 147 cm³/mol. The maximum atomic E-state index is 14.2. The third kappa shape index (κ3) is 4.31. The van der Waals surface area contributed by atoms with E-state index in [0.717, 1.165) is 0 Å². The first-order valence-electron chi connectivity index (χ1n) is 14.7. The van der Waals surface area contributed by atoms with E-state index >= 15 is 0 Å². The number of allylic oxidation sites excluding steroid dienone is 1. The number of ether oxygens (including phenoxy) is 1. The summed E-state index contributed by atoms with van der Waals surface area (Å²) in [7, 11) is 0. The average Bonchev–Trinajstić information content (AvgIpc) is 3.03. The second-order valence-corrected chi connectivity index (χ2v) is 14.5. The lowest BCUT2D eigenvalue weighted by molar-refractivity contribution is -0.171. The molecule has 0 aromatic heterocycles. The lowest BCUT2D eigenvalue weighted by Gasteiger charge is -2.62. The number of Topliss-reactive ketones (excluding diaryl/α,β-unsaturated/α-hetero) is 3. The number of carboxylic acid groups (broad SMARTS) is 1. The number of hydrogen-bond donors (Lipinski definition) is 2. The lowest BCUT2D eigenvalue weighted by atomic mass is 9.42. The molecule has 0 amide bonds. The van der Waals surface area contributed by atoms with Gasteiger partial charge in [-0.3, -0.25) is 24.0 Å². The number of carbonyl (C=O) groups excluding carboxylic acids is 4. The molecule has 0 saturated heterocycles. The minimum atomic E-state index is -1.04. The molecular formula is C32H46O8. The van der Waals surface area contributed by atoms with E-state index in [-0.39, 0.29) is 72.9 Å². The van der Waals surface area contributed by atoms with E-state index in [1.54, 1.807) is 0 Å². The van der Waals surface area contributed by atoms with E-state index in [2.05, 4.69) is 6.92 Å². The van der Waals surface area contributed by atoms with Crippen molar-refractivity contribution in [1.82, 2.24) is 0 Å². The highest BCUT2D eigenvalue weighted by Crippen LogP contribution is 2.70. The number of hydrogen-bond acceptors (Lipinski definition) is 7. The van der Waals surface area contributed by atoms with Crippen molar-refractivity contribution in [2.75, 3.05) is 0 Å². The number of esters is 1. The largest absolute Gasteiger partial charge is 0.481 e. The van der Waals surface area contributed by atoms with Crippen LogP contribution in [0.2, 0.25) is 0 Å². The Kier molecular flexibility index (Phi) is 7.56. The molecule has 9 atom stereocenters. The van der Waals surface area contributed by atoms with E-state index in [4.69, 9.17) is 4.74 Å². The molecule has 8 nitrogen and oxygen atoms in total. The van der Waals surface area contributed by atoms with E-state index < -0.39 is 39.7 Å².